The molecule has 0 bridgehead atoms. The molecule has 0 fully saturated rings. The maximum absolute atomic E-state index is 10.9. The van der Waals surface area contributed by atoms with Gasteiger partial charge in [0.2, 0.25) is 11.0 Å². The van der Waals surface area contributed by atoms with Gasteiger partial charge >= 0.3 is 10.1 Å². The Morgan fingerprint density at radius 3 is 2.44 bits per heavy atom. The molecule has 0 radical (unpaired) electrons. The monoisotopic (exact) mass is 290 g/mol. The van der Waals surface area contributed by atoms with Crippen LogP contribution in [0.5, 0.6) is 11.5 Å². The molecule has 0 spiro atoms. The van der Waals surface area contributed by atoms with Crippen LogP contribution in [0.25, 0.3) is 10.2 Å². The van der Waals surface area contributed by atoms with Crippen molar-refractivity contribution in [3.05, 3.63) is 17.6 Å². The lowest BCUT2D eigenvalue weighted by molar-refractivity contribution is -0.647. The summed E-state index contributed by atoms with van der Waals surface area (Å²) in [4.78, 5) is 0. The molecule has 0 saturated heterocycles. The number of methoxy groups -OCH3 is 2. The van der Waals surface area contributed by atoms with Crippen LogP contribution in [0.4, 0.5) is 0 Å². The van der Waals surface area contributed by atoms with Gasteiger partial charge in [-0.15, -0.1) is 0 Å². The summed E-state index contributed by atoms with van der Waals surface area (Å²) in [7, 11) is -1.04. The van der Waals surface area contributed by atoms with Crippen LogP contribution in [0.2, 0.25) is 0 Å². The first kappa shape index (κ1) is 13.1. The predicted octanol–water partition coefficient (Wildman–Crippen LogP) is 1.05. The molecule has 1 aromatic carbocycles. The molecule has 0 amide bonds. The van der Waals surface area contributed by atoms with E-state index in [1.165, 1.54) is 30.1 Å². The van der Waals surface area contributed by atoms with Crippen LogP contribution in [-0.4, -0.2) is 27.2 Å². The van der Waals surface area contributed by atoms with E-state index in [9.17, 15) is 8.42 Å². The van der Waals surface area contributed by atoms with Crippen LogP contribution < -0.4 is 14.0 Å². The van der Waals surface area contributed by atoms with E-state index in [4.69, 9.17) is 14.0 Å². The third-order valence-corrected chi connectivity index (χ3v) is 3.93. The number of fused-ring (bicyclic) bond motifs is 1. The van der Waals surface area contributed by atoms with Gasteiger partial charge < -0.3 is 9.47 Å². The van der Waals surface area contributed by atoms with Crippen molar-refractivity contribution >= 4 is 31.7 Å². The fourth-order valence-corrected chi connectivity index (χ4v) is 3.18. The number of hydrogen-bond donors (Lipinski definition) is 1. The van der Waals surface area contributed by atoms with Gasteiger partial charge in [0, 0.05) is 6.07 Å². The SMILES string of the molecule is COc1cc2sc[n+](CS(=O)(=O)O)c2cc1OC. The number of thiazole rings is 1. The lowest BCUT2D eigenvalue weighted by Gasteiger charge is -2.05. The molecule has 1 N–H and O–H groups in total. The molecule has 6 nitrogen and oxygen atoms in total. The van der Waals surface area contributed by atoms with E-state index < -0.39 is 16.0 Å². The Morgan fingerprint density at radius 2 is 1.89 bits per heavy atom. The highest BCUT2D eigenvalue weighted by atomic mass is 32.2. The van der Waals surface area contributed by atoms with Crippen LogP contribution in [0.1, 0.15) is 0 Å². The lowest BCUT2D eigenvalue weighted by Crippen LogP contribution is -2.35. The first-order valence-electron chi connectivity index (χ1n) is 4.92. The van der Waals surface area contributed by atoms with Crippen molar-refractivity contribution < 1.29 is 27.0 Å². The molecule has 1 heterocycles. The summed E-state index contributed by atoms with van der Waals surface area (Å²) in [6.45, 7) is 0. The normalized spacial score (nSPS) is 11.7. The summed E-state index contributed by atoms with van der Waals surface area (Å²) in [6.07, 6.45) is 0. The van der Waals surface area contributed by atoms with Gasteiger partial charge in [-0.3, -0.25) is 4.55 Å². The summed E-state index contributed by atoms with van der Waals surface area (Å²) in [6, 6.07) is 3.44. The quantitative estimate of drug-likeness (QED) is 0.673. The van der Waals surface area contributed by atoms with Crippen molar-refractivity contribution in [1.29, 1.82) is 0 Å². The summed E-state index contributed by atoms with van der Waals surface area (Å²) in [5.74, 6) is 0.598. The van der Waals surface area contributed by atoms with Gasteiger partial charge in [0.05, 0.1) is 20.3 Å². The second-order valence-electron chi connectivity index (χ2n) is 3.58. The highest BCUT2D eigenvalue weighted by molar-refractivity contribution is 7.84. The average molecular weight is 290 g/mol. The van der Waals surface area contributed by atoms with E-state index >= 15 is 0 Å². The zero-order chi connectivity index (χ0) is 13.3. The van der Waals surface area contributed by atoms with Gasteiger partial charge in [0.25, 0.3) is 5.88 Å². The van der Waals surface area contributed by atoms with Crippen LogP contribution >= 0.6 is 11.3 Å². The molecule has 8 heteroatoms. The van der Waals surface area contributed by atoms with Gasteiger partial charge in [-0.05, 0) is 0 Å². The van der Waals surface area contributed by atoms with Gasteiger partial charge in [-0.1, -0.05) is 11.3 Å². The Morgan fingerprint density at radius 1 is 1.28 bits per heavy atom. The molecule has 2 aromatic rings. The summed E-state index contributed by atoms with van der Waals surface area (Å²) >= 11 is 1.36. The largest absolute Gasteiger partial charge is 0.493 e. The van der Waals surface area contributed by atoms with E-state index in [1.807, 2.05) is 0 Å². The fourth-order valence-electron chi connectivity index (χ4n) is 1.62. The molecule has 0 saturated carbocycles. The molecule has 1 aromatic heterocycles. The molecule has 18 heavy (non-hydrogen) atoms. The summed E-state index contributed by atoms with van der Waals surface area (Å²) in [5.41, 5.74) is 2.28. The number of hydrogen-bond acceptors (Lipinski definition) is 5. The fraction of sp³-hybridized carbons (Fsp3) is 0.300. The van der Waals surface area contributed by atoms with Gasteiger partial charge in [-0.2, -0.15) is 13.0 Å². The summed E-state index contributed by atoms with van der Waals surface area (Å²) < 4.78 is 43.3. The molecular weight excluding hydrogens is 278 g/mol. The number of aromatic nitrogens is 1. The van der Waals surface area contributed by atoms with Crippen molar-refractivity contribution in [1.82, 2.24) is 0 Å². The maximum Gasteiger partial charge on any atom is 0.326 e. The van der Waals surface area contributed by atoms with Crippen LogP contribution in [0, 0.1) is 0 Å². The molecule has 0 unspecified atom stereocenters. The van der Waals surface area contributed by atoms with Crippen molar-refractivity contribution in [2.45, 2.75) is 5.88 Å². The highest BCUT2D eigenvalue weighted by Crippen LogP contribution is 2.32. The van der Waals surface area contributed by atoms with E-state index in [2.05, 4.69) is 0 Å². The Kier molecular flexibility index (Phi) is 3.42. The van der Waals surface area contributed by atoms with Crippen molar-refractivity contribution in [2.24, 2.45) is 0 Å². The third-order valence-electron chi connectivity index (χ3n) is 2.38. The van der Waals surface area contributed by atoms with E-state index in [0.717, 1.165) is 4.70 Å². The van der Waals surface area contributed by atoms with Crippen molar-refractivity contribution in [2.75, 3.05) is 14.2 Å². The molecule has 2 rings (SSSR count). The molecule has 0 aliphatic rings. The third kappa shape index (κ3) is 2.55. The van der Waals surface area contributed by atoms with E-state index in [-0.39, 0.29) is 0 Å². The van der Waals surface area contributed by atoms with Gasteiger partial charge in [-0.25, -0.2) is 0 Å². The molecule has 98 valence electrons. The summed E-state index contributed by atoms with van der Waals surface area (Å²) in [5, 5.41) is 0. The smallest absolute Gasteiger partial charge is 0.326 e. The molecule has 0 aliphatic carbocycles. The van der Waals surface area contributed by atoms with Crippen LogP contribution in [-0.2, 0) is 16.0 Å². The highest BCUT2D eigenvalue weighted by Gasteiger charge is 2.21. The number of ether oxygens (including phenoxy) is 2. The maximum atomic E-state index is 10.9. The second-order valence-corrected chi connectivity index (χ2v) is 5.89. The van der Waals surface area contributed by atoms with E-state index in [1.54, 1.807) is 17.6 Å². The Hall–Kier alpha value is -1.38. The first-order valence-corrected chi connectivity index (χ1v) is 7.41. The second kappa shape index (κ2) is 4.71. The number of nitrogens with zero attached hydrogens (tertiary/aromatic N) is 1. The average Bonchev–Trinajstić information content (AvgIpc) is 2.67. The predicted molar refractivity (Wildman–Crippen MR) is 66.7 cm³/mol. The van der Waals surface area contributed by atoms with Crippen molar-refractivity contribution in [3.8, 4) is 11.5 Å². The zero-order valence-electron chi connectivity index (χ0n) is 9.78. The van der Waals surface area contributed by atoms with Crippen LogP contribution in [0.3, 0.4) is 0 Å². The lowest BCUT2D eigenvalue weighted by atomic mass is 10.3. The molecular formula is C10H12NO5S2+. The minimum absolute atomic E-state index is 0.484. The number of rotatable bonds is 4. The van der Waals surface area contributed by atoms with Crippen molar-refractivity contribution in [3.63, 3.8) is 0 Å². The van der Waals surface area contributed by atoms with Gasteiger partial charge in [0.1, 0.15) is 4.70 Å². The van der Waals surface area contributed by atoms with Gasteiger partial charge in [0.15, 0.2) is 11.5 Å². The molecule has 0 aliphatic heterocycles. The van der Waals surface area contributed by atoms with E-state index in [0.29, 0.717) is 17.0 Å². The number of benzene rings is 1. The first-order chi connectivity index (χ1) is 8.44. The topological polar surface area (TPSA) is 76.7 Å². The standard InChI is InChI=1S/C10H11NO5S2/c1-15-8-3-7-10(4-9(8)16-2)17-5-11(7)6-18(12,13)14/h3-5H,6H2,1-2H3/p+1. The molecule has 0 atom stereocenters. The zero-order valence-corrected chi connectivity index (χ0v) is 11.4. The Bertz CT molecular complexity index is 677. The van der Waals surface area contributed by atoms with Crippen LogP contribution in [0.15, 0.2) is 17.6 Å². The minimum atomic E-state index is -4.08. The Balaban J connectivity index is 2.59. The minimum Gasteiger partial charge on any atom is -0.493 e. The Labute approximate surface area is 108 Å².